The molecule has 4 nitrogen and oxygen atoms in total. The maximum Gasteiger partial charge on any atom is 0.434 e. The topological polar surface area (TPSA) is 52.0 Å². The number of carbonyl (C=O) groups excluding carboxylic acids is 2. The molecular formula is C15H10F6N2O2. The highest BCUT2D eigenvalue weighted by Gasteiger charge is 2.42. The lowest BCUT2D eigenvalue weighted by Crippen LogP contribution is -2.17. The van der Waals surface area contributed by atoms with E-state index in [4.69, 9.17) is 0 Å². The molecule has 0 aliphatic carbocycles. The Kier molecular flexibility index (Phi) is 4.49. The summed E-state index contributed by atoms with van der Waals surface area (Å²) in [5.41, 5.74) is -4.55. The molecule has 2 aromatic rings. The second-order valence-electron chi connectivity index (χ2n) is 5.14. The van der Waals surface area contributed by atoms with Gasteiger partial charge >= 0.3 is 12.4 Å². The van der Waals surface area contributed by atoms with Gasteiger partial charge in [0.05, 0.1) is 16.8 Å². The number of ketones is 2. The Labute approximate surface area is 137 Å². The summed E-state index contributed by atoms with van der Waals surface area (Å²) in [6.07, 6.45) is -9.71. The molecule has 0 saturated heterocycles. The van der Waals surface area contributed by atoms with Crippen molar-refractivity contribution < 1.29 is 35.9 Å². The standard InChI is InChI=1S/C15H10F6N2O2/c1-7(24)11-12(8(2)25)22-23(13(11)15(19,20)21)10-5-3-9(4-6-10)14(16,17)18/h3-6H,1-2H3. The molecule has 1 heterocycles. The number of hydrogen-bond acceptors (Lipinski definition) is 3. The predicted molar refractivity (Wildman–Crippen MR) is 73.6 cm³/mol. The molecule has 2 rings (SSSR count). The first-order valence-electron chi connectivity index (χ1n) is 6.73. The molecule has 0 fully saturated rings. The van der Waals surface area contributed by atoms with Crippen LogP contribution in [0.1, 0.15) is 46.0 Å². The number of alkyl halides is 6. The number of benzene rings is 1. The van der Waals surface area contributed by atoms with Crippen LogP contribution in [-0.2, 0) is 12.4 Å². The fraction of sp³-hybridized carbons (Fsp3) is 0.267. The van der Waals surface area contributed by atoms with Gasteiger partial charge in [-0.25, -0.2) is 4.68 Å². The van der Waals surface area contributed by atoms with Gasteiger partial charge in [-0.3, -0.25) is 9.59 Å². The fourth-order valence-corrected chi connectivity index (χ4v) is 2.24. The third-order valence-corrected chi connectivity index (χ3v) is 3.28. The van der Waals surface area contributed by atoms with Crippen molar-refractivity contribution in [3.63, 3.8) is 0 Å². The van der Waals surface area contributed by atoms with Gasteiger partial charge in [0, 0.05) is 6.92 Å². The van der Waals surface area contributed by atoms with Crippen molar-refractivity contribution >= 4 is 11.6 Å². The molecule has 0 atom stereocenters. The molecule has 0 radical (unpaired) electrons. The Balaban J connectivity index is 2.75. The summed E-state index contributed by atoms with van der Waals surface area (Å²) in [5, 5.41) is 3.50. The molecular weight excluding hydrogens is 354 g/mol. The van der Waals surface area contributed by atoms with Crippen LogP contribution in [-0.4, -0.2) is 21.3 Å². The molecule has 25 heavy (non-hydrogen) atoms. The third kappa shape index (κ3) is 3.57. The van der Waals surface area contributed by atoms with Crippen LogP contribution < -0.4 is 0 Å². The highest BCUT2D eigenvalue weighted by Crippen LogP contribution is 2.36. The molecule has 0 aliphatic rings. The van der Waals surface area contributed by atoms with E-state index >= 15 is 0 Å². The van der Waals surface area contributed by atoms with Crippen LogP contribution in [0.2, 0.25) is 0 Å². The maximum atomic E-state index is 13.4. The van der Waals surface area contributed by atoms with Gasteiger partial charge in [-0.1, -0.05) is 0 Å². The zero-order valence-corrected chi connectivity index (χ0v) is 12.8. The fourth-order valence-electron chi connectivity index (χ4n) is 2.24. The minimum Gasteiger partial charge on any atom is -0.294 e. The van der Waals surface area contributed by atoms with Crippen LogP contribution in [0.3, 0.4) is 0 Å². The van der Waals surface area contributed by atoms with E-state index in [9.17, 15) is 35.9 Å². The number of nitrogens with zero attached hydrogens (tertiary/aromatic N) is 2. The van der Waals surface area contributed by atoms with Crippen LogP contribution in [0.15, 0.2) is 24.3 Å². The smallest absolute Gasteiger partial charge is 0.294 e. The number of aromatic nitrogens is 2. The van der Waals surface area contributed by atoms with Crippen molar-refractivity contribution in [1.29, 1.82) is 0 Å². The van der Waals surface area contributed by atoms with Crippen molar-refractivity contribution in [1.82, 2.24) is 9.78 Å². The van der Waals surface area contributed by atoms with E-state index < -0.39 is 46.4 Å². The summed E-state index contributed by atoms with van der Waals surface area (Å²) < 4.78 is 78.2. The maximum absolute atomic E-state index is 13.4. The van der Waals surface area contributed by atoms with E-state index in [1.807, 2.05) is 0 Å². The van der Waals surface area contributed by atoms with E-state index in [0.717, 1.165) is 26.0 Å². The second kappa shape index (κ2) is 6.01. The number of rotatable bonds is 3. The molecule has 10 heteroatoms. The van der Waals surface area contributed by atoms with E-state index in [1.165, 1.54) is 0 Å². The molecule has 0 amide bonds. The summed E-state index contributed by atoms with van der Waals surface area (Å²) >= 11 is 0. The molecule has 0 saturated carbocycles. The first-order chi connectivity index (χ1) is 11.3. The zero-order valence-electron chi connectivity index (χ0n) is 12.8. The lowest BCUT2D eigenvalue weighted by atomic mass is 10.1. The van der Waals surface area contributed by atoms with Gasteiger partial charge in [0.1, 0.15) is 5.69 Å². The Morgan fingerprint density at radius 1 is 0.880 bits per heavy atom. The van der Waals surface area contributed by atoms with Gasteiger partial charge in [0.25, 0.3) is 0 Å². The third-order valence-electron chi connectivity index (χ3n) is 3.28. The average Bonchev–Trinajstić information content (AvgIpc) is 2.87. The highest BCUT2D eigenvalue weighted by molar-refractivity contribution is 6.07. The molecule has 0 bridgehead atoms. The lowest BCUT2D eigenvalue weighted by Gasteiger charge is -2.13. The van der Waals surface area contributed by atoms with Gasteiger partial charge in [-0.2, -0.15) is 31.4 Å². The summed E-state index contributed by atoms with van der Waals surface area (Å²) in [6, 6.07) is 2.72. The quantitative estimate of drug-likeness (QED) is 0.602. The van der Waals surface area contributed by atoms with Crippen molar-refractivity contribution in [2.24, 2.45) is 0 Å². The van der Waals surface area contributed by atoms with Crippen molar-refractivity contribution in [3.05, 3.63) is 46.8 Å². The van der Waals surface area contributed by atoms with Gasteiger partial charge in [0.2, 0.25) is 0 Å². The highest BCUT2D eigenvalue weighted by atomic mass is 19.4. The number of carbonyl (C=O) groups is 2. The van der Waals surface area contributed by atoms with E-state index in [0.29, 0.717) is 12.1 Å². The molecule has 0 spiro atoms. The molecule has 0 unspecified atom stereocenters. The Bertz CT molecular complexity index is 831. The normalized spacial score (nSPS) is 12.3. The number of Topliss-reactive ketones (excluding diaryl/α,β-unsaturated/α-hetero) is 2. The van der Waals surface area contributed by atoms with Crippen LogP contribution in [0.4, 0.5) is 26.3 Å². The van der Waals surface area contributed by atoms with Gasteiger partial charge in [-0.05, 0) is 31.2 Å². The Morgan fingerprint density at radius 2 is 1.40 bits per heavy atom. The largest absolute Gasteiger partial charge is 0.434 e. The summed E-state index contributed by atoms with van der Waals surface area (Å²) in [7, 11) is 0. The van der Waals surface area contributed by atoms with Crippen LogP contribution in [0.25, 0.3) is 5.69 Å². The number of halogens is 6. The van der Waals surface area contributed by atoms with E-state index in [2.05, 4.69) is 5.10 Å². The predicted octanol–water partition coefficient (Wildman–Crippen LogP) is 4.32. The SMILES string of the molecule is CC(=O)c1nn(-c2ccc(C(F)(F)F)cc2)c(C(F)(F)F)c1C(C)=O. The lowest BCUT2D eigenvalue weighted by molar-refractivity contribution is -0.143. The van der Waals surface area contributed by atoms with Crippen molar-refractivity contribution in [3.8, 4) is 5.69 Å². The molecule has 1 aromatic heterocycles. The van der Waals surface area contributed by atoms with Gasteiger partial charge in [0.15, 0.2) is 17.3 Å². The summed E-state index contributed by atoms with van der Waals surface area (Å²) in [4.78, 5) is 23.1. The second-order valence-corrected chi connectivity index (χ2v) is 5.14. The molecule has 1 aromatic carbocycles. The minimum atomic E-state index is -5.05. The molecule has 0 N–H and O–H groups in total. The van der Waals surface area contributed by atoms with E-state index in [1.54, 1.807) is 0 Å². The minimum absolute atomic E-state index is 0.258. The van der Waals surface area contributed by atoms with Gasteiger partial charge < -0.3 is 0 Å². The average molecular weight is 364 g/mol. The van der Waals surface area contributed by atoms with Crippen LogP contribution >= 0.6 is 0 Å². The van der Waals surface area contributed by atoms with Crippen LogP contribution in [0, 0.1) is 0 Å². The summed E-state index contributed by atoms with van der Waals surface area (Å²) in [6.45, 7) is 1.78. The number of hydrogen-bond donors (Lipinski definition) is 0. The van der Waals surface area contributed by atoms with E-state index in [-0.39, 0.29) is 10.4 Å². The molecule has 134 valence electrons. The Hall–Kier alpha value is -2.65. The zero-order chi connectivity index (χ0) is 19.2. The van der Waals surface area contributed by atoms with Crippen molar-refractivity contribution in [2.75, 3.05) is 0 Å². The summed E-state index contributed by atoms with van der Waals surface area (Å²) in [5.74, 6) is -1.91. The van der Waals surface area contributed by atoms with Crippen molar-refractivity contribution in [2.45, 2.75) is 26.2 Å². The molecule has 0 aliphatic heterocycles. The monoisotopic (exact) mass is 364 g/mol. The van der Waals surface area contributed by atoms with Crippen LogP contribution in [0.5, 0.6) is 0 Å². The first-order valence-corrected chi connectivity index (χ1v) is 6.73. The Morgan fingerprint density at radius 3 is 1.76 bits per heavy atom. The van der Waals surface area contributed by atoms with Gasteiger partial charge in [-0.15, -0.1) is 0 Å². The first kappa shape index (κ1) is 18.7.